The molecule has 0 spiro atoms. The van der Waals surface area contributed by atoms with Gasteiger partial charge in [-0.3, -0.25) is 10.1 Å². The van der Waals surface area contributed by atoms with Crippen LogP contribution in [0.3, 0.4) is 0 Å². The lowest BCUT2D eigenvalue weighted by Gasteiger charge is -2.35. The van der Waals surface area contributed by atoms with E-state index in [0.29, 0.717) is 6.54 Å². The monoisotopic (exact) mass is 397 g/mol. The maximum absolute atomic E-state index is 11.0. The summed E-state index contributed by atoms with van der Waals surface area (Å²) in [6, 6.07) is 24.0. The van der Waals surface area contributed by atoms with Crippen molar-refractivity contribution in [2.24, 2.45) is 0 Å². The Morgan fingerprint density at radius 2 is 1.70 bits per heavy atom. The number of nitrogens with zero attached hydrogens (tertiary/aromatic N) is 2. The highest BCUT2D eigenvalue weighted by molar-refractivity contribution is 5.85. The molecule has 1 aromatic heterocycles. The second-order valence-electron chi connectivity index (χ2n) is 8.48. The molecule has 1 unspecified atom stereocenters. The zero-order valence-electron chi connectivity index (χ0n) is 17.0. The molecule has 2 heterocycles. The van der Waals surface area contributed by atoms with Crippen LogP contribution < -0.4 is 4.90 Å². The van der Waals surface area contributed by atoms with Gasteiger partial charge < -0.3 is 9.88 Å². The summed E-state index contributed by atoms with van der Waals surface area (Å²) in [5, 5.41) is 12.3. The SMILES string of the molecule is CC1(C)c2ccccc2N(Cc2ccc([N+](=O)[O-])cc2)C1c1c[nH]c2ccccc12. The van der Waals surface area contributed by atoms with E-state index in [4.69, 9.17) is 0 Å². The second-order valence-corrected chi connectivity index (χ2v) is 8.48. The number of nitro groups is 1. The zero-order valence-corrected chi connectivity index (χ0v) is 17.0. The van der Waals surface area contributed by atoms with Crippen molar-refractivity contribution < 1.29 is 4.92 Å². The molecule has 30 heavy (non-hydrogen) atoms. The Hall–Kier alpha value is -3.60. The molecule has 0 fully saturated rings. The van der Waals surface area contributed by atoms with Gasteiger partial charge >= 0.3 is 0 Å². The van der Waals surface area contributed by atoms with Gasteiger partial charge in [0.1, 0.15) is 0 Å². The summed E-state index contributed by atoms with van der Waals surface area (Å²) in [4.78, 5) is 16.5. The fourth-order valence-corrected chi connectivity index (χ4v) is 4.92. The maximum Gasteiger partial charge on any atom is 0.269 e. The number of nitro benzene ring substituents is 1. The van der Waals surface area contributed by atoms with E-state index in [1.54, 1.807) is 12.1 Å². The molecule has 4 aromatic rings. The first-order chi connectivity index (χ1) is 14.5. The van der Waals surface area contributed by atoms with Crippen LogP contribution in [0, 0.1) is 10.1 Å². The van der Waals surface area contributed by atoms with Crippen molar-refractivity contribution in [1.29, 1.82) is 0 Å². The molecule has 1 aliphatic heterocycles. The third-order valence-corrected chi connectivity index (χ3v) is 6.32. The number of aromatic nitrogens is 1. The Balaban J connectivity index is 1.63. The molecule has 0 saturated heterocycles. The number of benzene rings is 3. The number of non-ortho nitro benzene ring substituents is 1. The number of anilines is 1. The molecule has 5 heteroatoms. The van der Waals surface area contributed by atoms with Gasteiger partial charge in [0.25, 0.3) is 5.69 Å². The molecule has 3 aromatic carbocycles. The van der Waals surface area contributed by atoms with Crippen molar-refractivity contribution in [2.75, 3.05) is 4.90 Å². The molecule has 0 radical (unpaired) electrons. The zero-order chi connectivity index (χ0) is 20.9. The highest BCUT2D eigenvalue weighted by Crippen LogP contribution is 2.54. The van der Waals surface area contributed by atoms with Crippen molar-refractivity contribution in [3.05, 3.63) is 106 Å². The molecule has 0 amide bonds. The summed E-state index contributed by atoms with van der Waals surface area (Å²) in [5.41, 5.74) is 6.02. The van der Waals surface area contributed by atoms with Crippen LogP contribution in [0.25, 0.3) is 10.9 Å². The maximum atomic E-state index is 11.0. The van der Waals surface area contributed by atoms with Gasteiger partial charge in [-0.15, -0.1) is 0 Å². The second kappa shape index (κ2) is 6.73. The van der Waals surface area contributed by atoms with Gasteiger partial charge in [-0.05, 0) is 23.3 Å². The summed E-state index contributed by atoms with van der Waals surface area (Å²) >= 11 is 0. The van der Waals surface area contributed by atoms with E-state index in [0.717, 1.165) is 11.1 Å². The molecular formula is C25H23N3O2. The van der Waals surface area contributed by atoms with Gasteiger partial charge in [-0.2, -0.15) is 0 Å². The van der Waals surface area contributed by atoms with E-state index in [9.17, 15) is 10.1 Å². The fraction of sp³-hybridized carbons (Fsp3) is 0.200. The van der Waals surface area contributed by atoms with Crippen molar-refractivity contribution in [3.8, 4) is 0 Å². The average molecular weight is 397 g/mol. The highest BCUT2D eigenvalue weighted by Gasteiger charge is 2.45. The third-order valence-electron chi connectivity index (χ3n) is 6.32. The predicted octanol–water partition coefficient (Wildman–Crippen LogP) is 6.12. The van der Waals surface area contributed by atoms with Crippen LogP contribution in [-0.2, 0) is 12.0 Å². The normalized spacial score (nSPS) is 17.3. The van der Waals surface area contributed by atoms with Crippen LogP contribution in [-0.4, -0.2) is 9.91 Å². The number of aromatic amines is 1. The van der Waals surface area contributed by atoms with Crippen LogP contribution in [0.1, 0.15) is 36.6 Å². The van der Waals surface area contributed by atoms with Gasteiger partial charge in [0.05, 0.1) is 11.0 Å². The Morgan fingerprint density at radius 3 is 2.47 bits per heavy atom. The van der Waals surface area contributed by atoms with E-state index in [1.807, 2.05) is 18.2 Å². The number of para-hydroxylation sites is 2. The number of hydrogen-bond donors (Lipinski definition) is 1. The predicted molar refractivity (Wildman–Crippen MR) is 120 cm³/mol. The van der Waals surface area contributed by atoms with Gasteiger partial charge in [-0.25, -0.2) is 0 Å². The molecule has 150 valence electrons. The van der Waals surface area contributed by atoms with Crippen LogP contribution in [0.4, 0.5) is 11.4 Å². The van der Waals surface area contributed by atoms with E-state index in [2.05, 4.69) is 72.4 Å². The highest BCUT2D eigenvalue weighted by atomic mass is 16.6. The van der Waals surface area contributed by atoms with Crippen molar-refractivity contribution in [1.82, 2.24) is 4.98 Å². The minimum atomic E-state index is -0.354. The lowest BCUT2D eigenvalue weighted by molar-refractivity contribution is -0.384. The molecule has 1 atom stereocenters. The minimum absolute atomic E-state index is 0.0949. The third kappa shape index (κ3) is 2.77. The van der Waals surface area contributed by atoms with Gasteiger partial charge in [0, 0.05) is 52.4 Å². The summed E-state index contributed by atoms with van der Waals surface area (Å²) in [6.07, 6.45) is 2.13. The Morgan fingerprint density at radius 1 is 1.00 bits per heavy atom. The molecule has 0 bridgehead atoms. The van der Waals surface area contributed by atoms with E-state index < -0.39 is 0 Å². The first-order valence-electron chi connectivity index (χ1n) is 10.1. The van der Waals surface area contributed by atoms with E-state index in [-0.39, 0.29) is 22.1 Å². The molecule has 1 aliphatic rings. The number of hydrogen-bond acceptors (Lipinski definition) is 3. The van der Waals surface area contributed by atoms with E-state index in [1.165, 1.54) is 22.2 Å². The number of H-pyrrole nitrogens is 1. The van der Waals surface area contributed by atoms with Crippen LogP contribution in [0.5, 0.6) is 0 Å². The summed E-state index contributed by atoms with van der Waals surface area (Å²) in [7, 11) is 0. The minimum Gasteiger partial charge on any atom is -0.361 e. The van der Waals surface area contributed by atoms with Crippen LogP contribution in [0.2, 0.25) is 0 Å². The fourth-order valence-electron chi connectivity index (χ4n) is 4.92. The van der Waals surface area contributed by atoms with Gasteiger partial charge in [0.2, 0.25) is 0 Å². The standard InChI is InChI=1S/C25H23N3O2/c1-25(2)21-8-4-6-10-23(21)27(16-17-11-13-18(14-12-17)28(29)30)24(25)20-15-26-22-9-5-3-7-19(20)22/h3-15,24,26H,16H2,1-2H3. The number of rotatable bonds is 4. The Kier molecular flexibility index (Phi) is 4.13. The Bertz CT molecular complexity index is 1240. The molecular weight excluding hydrogens is 374 g/mol. The molecule has 0 aliphatic carbocycles. The lowest BCUT2D eigenvalue weighted by Crippen LogP contribution is -2.33. The molecule has 1 N–H and O–H groups in total. The van der Waals surface area contributed by atoms with Gasteiger partial charge in [0.15, 0.2) is 0 Å². The van der Waals surface area contributed by atoms with E-state index >= 15 is 0 Å². The van der Waals surface area contributed by atoms with Crippen molar-refractivity contribution in [3.63, 3.8) is 0 Å². The first kappa shape index (κ1) is 18.4. The number of fused-ring (bicyclic) bond motifs is 2. The van der Waals surface area contributed by atoms with Gasteiger partial charge in [-0.1, -0.05) is 62.4 Å². The first-order valence-corrected chi connectivity index (χ1v) is 10.1. The van der Waals surface area contributed by atoms with Crippen LogP contribution >= 0.6 is 0 Å². The summed E-state index contributed by atoms with van der Waals surface area (Å²) in [6.45, 7) is 5.28. The van der Waals surface area contributed by atoms with Crippen molar-refractivity contribution >= 4 is 22.3 Å². The summed E-state index contributed by atoms with van der Waals surface area (Å²) < 4.78 is 0. The molecule has 0 saturated carbocycles. The molecule has 5 nitrogen and oxygen atoms in total. The Labute approximate surface area is 175 Å². The topological polar surface area (TPSA) is 62.2 Å². The quantitative estimate of drug-likeness (QED) is 0.333. The van der Waals surface area contributed by atoms with Crippen molar-refractivity contribution in [2.45, 2.75) is 31.8 Å². The average Bonchev–Trinajstić information content (AvgIpc) is 3.25. The largest absolute Gasteiger partial charge is 0.361 e. The smallest absolute Gasteiger partial charge is 0.269 e. The molecule has 5 rings (SSSR count). The number of nitrogens with one attached hydrogen (secondary N) is 1. The lowest BCUT2D eigenvalue weighted by atomic mass is 9.77. The van der Waals surface area contributed by atoms with Crippen LogP contribution in [0.15, 0.2) is 79.0 Å². The summed E-state index contributed by atoms with van der Waals surface area (Å²) in [5.74, 6) is 0.